The third kappa shape index (κ3) is 2.60. The number of amides is 1. The summed E-state index contributed by atoms with van der Waals surface area (Å²) < 4.78 is 26.7. The number of carbonyl (C=O) groups is 1. The van der Waals surface area contributed by atoms with Crippen molar-refractivity contribution in [3.8, 4) is 0 Å². The van der Waals surface area contributed by atoms with Crippen molar-refractivity contribution in [2.45, 2.75) is 33.2 Å². The van der Waals surface area contributed by atoms with Gasteiger partial charge >= 0.3 is 0 Å². The molecule has 0 saturated carbocycles. The standard InChI is InChI=1S/C14H18F2N2O/c1-8-6-9(2)10(3)18(7-8)14(19)11-4-5-17-13(16)12(11)15/h4-5,8-10H,6-7H2,1-3H3. The van der Waals surface area contributed by atoms with Crippen molar-refractivity contribution >= 4 is 5.91 Å². The van der Waals surface area contributed by atoms with Crippen LogP contribution in [0.5, 0.6) is 0 Å². The second kappa shape index (κ2) is 5.23. The van der Waals surface area contributed by atoms with Gasteiger partial charge in [-0.05, 0) is 31.2 Å². The van der Waals surface area contributed by atoms with Crippen molar-refractivity contribution in [3.05, 3.63) is 29.6 Å². The third-order valence-electron chi connectivity index (χ3n) is 3.94. The Kier molecular flexibility index (Phi) is 3.83. The second-order valence-electron chi connectivity index (χ2n) is 5.48. The summed E-state index contributed by atoms with van der Waals surface area (Å²) in [6.07, 6.45) is 2.16. The monoisotopic (exact) mass is 268 g/mol. The van der Waals surface area contributed by atoms with E-state index in [0.717, 1.165) is 12.6 Å². The summed E-state index contributed by atoms with van der Waals surface area (Å²) in [4.78, 5) is 17.2. The van der Waals surface area contributed by atoms with Gasteiger partial charge < -0.3 is 4.90 Å². The van der Waals surface area contributed by atoms with E-state index >= 15 is 0 Å². The number of hydrogen-bond donors (Lipinski definition) is 0. The smallest absolute Gasteiger partial charge is 0.257 e. The number of nitrogens with zero attached hydrogens (tertiary/aromatic N) is 2. The molecule has 3 unspecified atom stereocenters. The Morgan fingerprint density at radius 1 is 1.37 bits per heavy atom. The first-order chi connectivity index (χ1) is 8.91. The minimum Gasteiger partial charge on any atom is -0.335 e. The maximum Gasteiger partial charge on any atom is 0.257 e. The molecule has 0 bridgehead atoms. The van der Waals surface area contributed by atoms with Gasteiger partial charge in [-0.15, -0.1) is 0 Å². The van der Waals surface area contributed by atoms with E-state index < -0.39 is 17.7 Å². The van der Waals surface area contributed by atoms with Gasteiger partial charge in [-0.2, -0.15) is 4.39 Å². The molecule has 1 fully saturated rings. The summed E-state index contributed by atoms with van der Waals surface area (Å²) in [5.41, 5.74) is -0.236. The molecule has 1 amide bonds. The minimum atomic E-state index is -1.23. The van der Waals surface area contributed by atoms with Crippen LogP contribution in [0.4, 0.5) is 8.78 Å². The van der Waals surface area contributed by atoms with Crippen molar-refractivity contribution in [1.82, 2.24) is 9.88 Å². The van der Waals surface area contributed by atoms with E-state index in [2.05, 4.69) is 18.8 Å². The predicted molar refractivity (Wildman–Crippen MR) is 67.6 cm³/mol. The van der Waals surface area contributed by atoms with E-state index in [1.54, 1.807) is 4.90 Å². The van der Waals surface area contributed by atoms with Gasteiger partial charge in [0, 0.05) is 18.8 Å². The Balaban J connectivity index is 2.30. The highest BCUT2D eigenvalue weighted by Gasteiger charge is 2.33. The molecule has 0 aliphatic carbocycles. The molecule has 3 atom stereocenters. The maximum atomic E-state index is 13.6. The molecule has 3 nitrogen and oxygen atoms in total. The van der Waals surface area contributed by atoms with Crippen molar-refractivity contribution < 1.29 is 13.6 Å². The van der Waals surface area contributed by atoms with Crippen LogP contribution in [0.2, 0.25) is 0 Å². The van der Waals surface area contributed by atoms with Gasteiger partial charge in [0.25, 0.3) is 5.91 Å². The Labute approximate surface area is 111 Å². The van der Waals surface area contributed by atoms with Gasteiger partial charge in [0.2, 0.25) is 5.95 Å². The molecule has 2 heterocycles. The van der Waals surface area contributed by atoms with E-state index in [4.69, 9.17) is 0 Å². The number of likely N-dealkylation sites (tertiary alicyclic amines) is 1. The molecule has 0 radical (unpaired) electrons. The first-order valence-corrected chi connectivity index (χ1v) is 6.52. The summed E-state index contributed by atoms with van der Waals surface area (Å²) in [6.45, 7) is 6.66. The van der Waals surface area contributed by atoms with Crippen LogP contribution in [-0.2, 0) is 0 Å². The fourth-order valence-electron chi connectivity index (χ4n) is 2.72. The molecule has 0 aromatic carbocycles. The zero-order chi connectivity index (χ0) is 14.2. The number of aromatic nitrogens is 1. The average molecular weight is 268 g/mol. The Morgan fingerprint density at radius 2 is 2.05 bits per heavy atom. The summed E-state index contributed by atoms with van der Waals surface area (Å²) in [7, 11) is 0. The van der Waals surface area contributed by atoms with Gasteiger partial charge in [0.15, 0.2) is 5.82 Å². The Morgan fingerprint density at radius 3 is 2.74 bits per heavy atom. The minimum absolute atomic E-state index is 0.0272. The molecular formula is C14H18F2N2O. The van der Waals surface area contributed by atoms with E-state index in [1.807, 2.05) is 6.92 Å². The molecular weight excluding hydrogens is 250 g/mol. The first kappa shape index (κ1) is 13.9. The number of pyridine rings is 1. The zero-order valence-electron chi connectivity index (χ0n) is 11.4. The Hall–Kier alpha value is -1.52. The summed E-state index contributed by atoms with van der Waals surface area (Å²) >= 11 is 0. The van der Waals surface area contributed by atoms with Crippen LogP contribution in [0.15, 0.2) is 12.3 Å². The fraction of sp³-hybridized carbons (Fsp3) is 0.571. The van der Waals surface area contributed by atoms with Gasteiger partial charge in [0.1, 0.15) is 0 Å². The molecule has 104 valence electrons. The highest BCUT2D eigenvalue weighted by Crippen LogP contribution is 2.28. The van der Waals surface area contributed by atoms with Crippen molar-refractivity contribution in [1.29, 1.82) is 0 Å². The molecule has 0 spiro atoms. The number of carbonyl (C=O) groups excluding carboxylic acids is 1. The highest BCUT2D eigenvalue weighted by atomic mass is 19.2. The SMILES string of the molecule is CC1CC(C)C(C)N(C(=O)c2ccnc(F)c2F)C1. The van der Waals surface area contributed by atoms with Gasteiger partial charge in [-0.1, -0.05) is 13.8 Å². The molecule has 0 N–H and O–H groups in total. The van der Waals surface area contributed by atoms with E-state index in [1.165, 1.54) is 6.07 Å². The summed E-state index contributed by atoms with van der Waals surface area (Å²) in [6, 6.07) is 1.26. The molecule has 1 aliphatic rings. The second-order valence-corrected chi connectivity index (χ2v) is 5.48. The molecule has 5 heteroatoms. The van der Waals surface area contributed by atoms with Gasteiger partial charge in [0.05, 0.1) is 5.56 Å². The van der Waals surface area contributed by atoms with Crippen molar-refractivity contribution in [2.24, 2.45) is 11.8 Å². The molecule has 1 aromatic rings. The summed E-state index contributed by atoms with van der Waals surface area (Å²) in [5, 5.41) is 0. The van der Waals surface area contributed by atoms with Gasteiger partial charge in [-0.25, -0.2) is 9.37 Å². The average Bonchev–Trinajstić information content (AvgIpc) is 2.36. The van der Waals surface area contributed by atoms with Gasteiger partial charge in [-0.3, -0.25) is 4.79 Å². The summed E-state index contributed by atoms with van der Waals surface area (Å²) in [5.74, 6) is -2.13. The van der Waals surface area contributed by atoms with Crippen molar-refractivity contribution in [2.75, 3.05) is 6.54 Å². The first-order valence-electron chi connectivity index (χ1n) is 6.52. The highest BCUT2D eigenvalue weighted by molar-refractivity contribution is 5.94. The topological polar surface area (TPSA) is 33.2 Å². The maximum absolute atomic E-state index is 13.6. The lowest BCUT2D eigenvalue weighted by Gasteiger charge is -2.41. The number of rotatable bonds is 1. The predicted octanol–water partition coefficient (Wildman–Crippen LogP) is 2.87. The van der Waals surface area contributed by atoms with Crippen LogP contribution in [-0.4, -0.2) is 28.4 Å². The lowest BCUT2D eigenvalue weighted by Crippen LogP contribution is -2.49. The molecule has 1 aliphatic heterocycles. The van der Waals surface area contributed by atoms with E-state index in [9.17, 15) is 13.6 Å². The zero-order valence-corrected chi connectivity index (χ0v) is 11.4. The van der Waals surface area contributed by atoms with Crippen LogP contribution in [0.1, 0.15) is 37.6 Å². The molecule has 19 heavy (non-hydrogen) atoms. The van der Waals surface area contributed by atoms with E-state index in [0.29, 0.717) is 18.4 Å². The van der Waals surface area contributed by atoms with Crippen LogP contribution in [0, 0.1) is 23.6 Å². The van der Waals surface area contributed by atoms with Crippen molar-refractivity contribution in [3.63, 3.8) is 0 Å². The lowest BCUT2D eigenvalue weighted by molar-refractivity contribution is 0.0450. The number of halogens is 2. The van der Waals surface area contributed by atoms with E-state index in [-0.39, 0.29) is 11.6 Å². The van der Waals surface area contributed by atoms with Crippen LogP contribution in [0.25, 0.3) is 0 Å². The normalized spacial score (nSPS) is 27.4. The fourth-order valence-corrected chi connectivity index (χ4v) is 2.72. The van der Waals surface area contributed by atoms with Crippen LogP contribution >= 0.6 is 0 Å². The molecule has 1 aromatic heterocycles. The lowest BCUT2D eigenvalue weighted by atomic mass is 9.85. The molecule has 2 rings (SSSR count). The van der Waals surface area contributed by atoms with Crippen LogP contribution < -0.4 is 0 Å². The molecule has 1 saturated heterocycles. The quantitative estimate of drug-likeness (QED) is 0.734. The number of piperidine rings is 1. The largest absolute Gasteiger partial charge is 0.335 e. The van der Waals surface area contributed by atoms with Crippen LogP contribution in [0.3, 0.4) is 0 Å². The number of hydrogen-bond acceptors (Lipinski definition) is 2. The Bertz CT molecular complexity index is 492. The third-order valence-corrected chi connectivity index (χ3v) is 3.94.